The van der Waals surface area contributed by atoms with Gasteiger partial charge in [-0.15, -0.1) is 0 Å². The number of hydrogen-bond donors (Lipinski definition) is 0. The largest absolute Gasteiger partial charge is 0.444 e. The summed E-state index contributed by atoms with van der Waals surface area (Å²) in [5.41, 5.74) is -0.553. The third kappa shape index (κ3) is 5.03. The van der Waals surface area contributed by atoms with E-state index in [1.165, 1.54) is 8.61 Å². The van der Waals surface area contributed by atoms with Gasteiger partial charge in [0.25, 0.3) is 10.2 Å². The number of morpholine rings is 1. The highest BCUT2D eigenvalue weighted by atomic mass is 32.2. The van der Waals surface area contributed by atoms with Crippen LogP contribution in [0.1, 0.15) is 27.2 Å². The van der Waals surface area contributed by atoms with Crippen LogP contribution in [0.25, 0.3) is 0 Å². The summed E-state index contributed by atoms with van der Waals surface area (Å²) in [6.07, 6.45) is 0.214. The van der Waals surface area contributed by atoms with Crippen molar-refractivity contribution in [1.29, 1.82) is 0 Å². The molecule has 2 aliphatic rings. The zero-order chi connectivity index (χ0) is 17.1. The lowest BCUT2D eigenvalue weighted by atomic mass is 10.2. The van der Waals surface area contributed by atoms with Crippen LogP contribution in [-0.2, 0) is 19.7 Å². The van der Waals surface area contributed by atoms with Crippen molar-refractivity contribution in [1.82, 2.24) is 13.5 Å². The molecule has 0 aromatic rings. The Balaban J connectivity index is 1.96. The third-order valence-corrected chi connectivity index (χ3v) is 5.76. The molecule has 23 heavy (non-hydrogen) atoms. The maximum absolute atomic E-state index is 12.7. The van der Waals surface area contributed by atoms with E-state index >= 15 is 0 Å². The highest BCUT2D eigenvalue weighted by Gasteiger charge is 2.33. The quantitative estimate of drug-likeness (QED) is 0.726. The summed E-state index contributed by atoms with van der Waals surface area (Å²) in [6.45, 7) is 8.63. The van der Waals surface area contributed by atoms with E-state index in [0.29, 0.717) is 58.9 Å². The first-order valence-electron chi connectivity index (χ1n) is 8.01. The summed E-state index contributed by atoms with van der Waals surface area (Å²) in [5.74, 6) is 0. The van der Waals surface area contributed by atoms with Gasteiger partial charge >= 0.3 is 6.09 Å². The lowest BCUT2D eigenvalue weighted by Crippen LogP contribution is -2.49. The summed E-state index contributed by atoms with van der Waals surface area (Å²) >= 11 is 0. The summed E-state index contributed by atoms with van der Waals surface area (Å²) in [5, 5.41) is 0. The van der Waals surface area contributed by atoms with Crippen LogP contribution in [0.15, 0.2) is 0 Å². The Hall–Kier alpha value is -0.900. The normalized spacial score (nSPS) is 22.7. The van der Waals surface area contributed by atoms with Gasteiger partial charge in [0.1, 0.15) is 5.60 Å². The first kappa shape index (κ1) is 18.4. The number of nitrogens with zero attached hydrogens (tertiary/aromatic N) is 3. The van der Waals surface area contributed by atoms with Gasteiger partial charge < -0.3 is 14.4 Å². The zero-order valence-corrected chi connectivity index (χ0v) is 15.0. The smallest absolute Gasteiger partial charge is 0.410 e. The Morgan fingerprint density at radius 3 is 2.17 bits per heavy atom. The van der Waals surface area contributed by atoms with Crippen LogP contribution in [0.4, 0.5) is 4.79 Å². The number of amides is 1. The van der Waals surface area contributed by atoms with Gasteiger partial charge in [-0.05, 0) is 27.2 Å². The molecule has 0 saturated carbocycles. The predicted molar refractivity (Wildman–Crippen MR) is 85.3 cm³/mol. The fourth-order valence-corrected chi connectivity index (χ4v) is 4.18. The summed E-state index contributed by atoms with van der Waals surface area (Å²) < 4.78 is 38.8. The number of ether oxygens (including phenoxy) is 2. The zero-order valence-electron chi connectivity index (χ0n) is 14.2. The van der Waals surface area contributed by atoms with Crippen molar-refractivity contribution in [3.63, 3.8) is 0 Å². The molecule has 0 aromatic carbocycles. The van der Waals surface area contributed by atoms with E-state index in [0.717, 1.165) is 0 Å². The Bertz CT molecular complexity index is 511. The van der Waals surface area contributed by atoms with Crippen molar-refractivity contribution in [2.75, 3.05) is 52.5 Å². The lowest BCUT2D eigenvalue weighted by Gasteiger charge is -2.31. The molecule has 134 valence electrons. The fourth-order valence-electron chi connectivity index (χ4n) is 2.57. The molecule has 0 aromatic heterocycles. The maximum Gasteiger partial charge on any atom is 0.410 e. The van der Waals surface area contributed by atoms with E-state index < -0.39 is 15.8 Å². The molecule has 2 heterocycles. The van der Waals surface area contributed by atoms with Crippen LogP contribution in [0.5, 0.6) is 0 Å². The van der Waals surface area contributed by atoms with Gasteiger partial charge in [0.15, 0.2) is 0 Å². The molecular formula is C14H27N3O5S. The standard InChI is InChI=1S/C14H27N3O5S/c1-14(2,3)22-13(18)15-5-4-6-16(8-7-15)23(19,20)17-9-11-21-12-10-17/h4-12H2,1-3H3. The van der Waals surface area contributed by atoms with Gasteiger partial charge in [-0.1, -0.05) is 0 Å². The third-order valence-electron chi connectivity index (χ3n) is 3.73. The monoisotopic (exact) mass is 349 g/mol. The van der Waals surface area contributed by atoms with Crippen molar-refractivity contribution >= 4 is 16.3 Å². The van der Waals surface area contributed by atoms with Gasteiger partial charge in [-0.25, -0.2) is 4.79 Å². The first-order chi connectivity index (χ1) is 10.7. The molecule has 1 amide bonds. The van der Waals surface area contributed by atoms with Crippen LogP contribution < -0.4 is 0 Å². The summed E-state index contributed by atoms with van der Waals surface area (Å²) in [6, 6.07) is 0. The molecule has 8 nitrogen and oxygen atoms in total. The van der Waals surface area contributed by atoms with Crippen molar-refractivity contribution in [3.05, 3.63) is 0 Å². The van der Waals surface area contributed by atoms with Gasteiger partial charge in [-0.2, -0.15) is 17.0 Å². The van der Waals surface area contributed by atoms with E-state index in [2.05, 4.69) is 0 Å². The molecule has 0 radical (unpaired) electrons. The molecule has 0 bridgehead atoms. The van der Waals surface area contributed by atoms with Crippen LogP contribution >= 0.6 is 0 Å². The molecule has 0 N–H and O–H groups in total. The van der Waals surface area contributed by atoms with Crippen molar-refractivity contribution in [2.24, 2.45) is 0 Å². The number of carbonyl (C=O) groups is 1. The molecule has 2 aliphatic heterocycles. The van der Waals surface area contributed by atoms with Crippen molar-refractivity contribution in [2.45, 2.75) is 32.8 Å². The van der Waals surface area contributed by atoms with Gasteiger partial charge in [0.2, 0.25) is 0 Å². The average Bonchev–Trinajstić information content (AvgIpc) is 2.73. The summed E-state index contributed by atoms with van der Waals surface area (Å²) in [4.78, 5) is 13.7. The molecule has 0 unspecified atom stereocenters. The van der Waals surface area contributed by atoms with E-state index in [4.69, 9.17) is 9.47 Å². The Morgan fingerprint density at radius 2 is 1.57 bits per heavy atom. The molecule has 9 heteroatoms. The first-order valence-corrected chi connectivity index (χ1v) is 9.41. The molecular weight excluding hydrogens is 322 g/mol. The minimum absolute atomic E-state index is 0.291. The predicted octanol–water partition coefficient (Wildman–Crippen LogP) is 0.506. The minimum atomic E-state index is -3.48. The fraction of sp³-hybridized carbons (Fsp3) is 0.929. The Morgan fingerprint density at radius 1 is 0.957 bits per heavy atom. The molecule has 2 rings (SSSR count). The molecule has 2 fully saturated rings. The Kier molecular flexibility index (Phi) is 5.88. The lowest BCUT2D eigenvalue weighted by molar-refractivity contribution is 0.0260. The van der Waals surface area contributed by atoms with E-state index in [1.807, 2.05) is 20.8 Å². The minimum Gasteiger partial charge on any atom is -0.444 e. The second kappa shape index (κ2) is 7.33. The molecule has 0 spiro atoms. The molecule has 0 atom stereocenters. The van der Waals surface area contributed by atoms with E-state index in [1.54, 1.807) is 4.90 Å². The van der Waals surface area contributed by atoms with Crippen LogP contribution in [0.3, 0.4) is 0 Å². The molecule has 0 aliphatic carbocycles. The number of rotatable bonds is 2. The van der Waals surface area contributed by atoms with Crippen LogP contribution in [-0.4, -0.2) is 86.1 Å². The van der Waals surface area contributed by atoms with Gasteiger partial charge in [0.05, 0.1) is 13.2 Å². The topological polar surface area (TPSA) is 79.4 Å². The highest BCUT2D eigenvalue weighted by Crippen LogP contribution is 2.16. The van der Waals surface area contributed by atoms with Crippen molar-refractivity contribution < 1.29 is 22.7 Å². The second-order valence-electron chi connectivity index (χ2n) is 6.74. The van der Waals surface area contributed by atoms with Crippen molar-refractivity contribution in [3.8, 4) is 0 Å². The summed E-state index contributed by atoms with van der Waals surface area (Å²) in [7, 11) is -3.48. The number of hydrogen-bond acceptors (Lipinski definition) is 5. The van der Waals surface area contributed by atoms with Gasteiger partial charge in [0, 0.05) is 39.3 Å². The van der Waals surface area contributed by atoms with E-state index in [9.17, 15) is 13.2 Å². The maximum atomic E-state index is 12.7. The van der Waals surface area contributed by atoms with Crippen LogP contribution in [0.2, 0.25) is 0 Å². The second-order valence-corrected chi connectivity index (χ2v) is 8.67. The highest BCUT2D eigenvalue weighted by molar-refractivity contribution is 7.86. The Labute approximate surface area is 138 Å². The van der Waals surface area contributed by atoms with Crippen LogP contribution in [0, 0.1) is 0 Å². The van der Waals surface area contributed by atoms with Gasteiger partial charge in [-0.3, -0.25) is 0 Å². The number of carbonyl (C=O) groups excluding carboxylic acids is 1. The molecule has 2 saturated heterocycles. The van der Waals surface area contributed by atoms with E-state index in [-0.39, 0.29) is 6.09 Å². The average molecular weight is 349 g/mol. The SMILES string of the molecule is CC(C)(C)OC(=O)N1CCCN(S(=O)(=O)N2CCOCC2)CC1.